The summed E-state index contributed by atoms with van der Waals surface area (Å²) in [7, 11) is 0. The van der Waals surface area contributed by atoms with Crippen molar-refractivity contribution in [3.8, 4) is 0 Å². The number of nitrogens with zero attached hydrogens (tertiary/aromatic N) is 2. The zero-order valence-electron chi connectivity index (χ0n) is 15.7. The Morgan fingerprint density at radius 1 is 1.04 bits per heavy atom. The van der Waals surface area contributed by atoms with Crippen molar-refractivity contribution >= 4 is 6.03 Å². The lowest BCUT2D eigenvalue weighted by Gasteiger charge is -2.28. The Balaban J connectivity index is 1.70. The van der Waals surface area contributed by atoms with Crippen molar-refractivity contribution < 1.29 is 4.79 Å². The molecule has 0 radical (unpaired) electrons. The van der Waals surface area contributed by atoms with Gasteiger partial charge in [0.05, 0.1) is 0 Å². The molecule has 26 heavy (non-hydrogen) atoms. The molecular weight excluding hydrogens is 322 g/mol. The van der Waals surface area contributed by atoms with Gasteiger partial charge in [0.2, 0.25) is 0 Å². The zero-order chi connectivity index (χ0) is 18.2. The second-order valence-corrected chi connectivity index (χ2v) is 7.17. The first-order chi connectivity index (χ1) is 12.7. The number of aromatic nitrogens is 1. The number of benzene rings is 1. The summed E-state index contributed by atoms with van der Waals surface area (Å²) in [4.78, 5) is 19.0. The molecule has 0 bridgehead atoms. The van der Waals surface area contributed by atoms with Crippen LogP contribution in [0.5, 0.6) is 0 Å². The van der Waals surface area contributed by atoms with Crippen LogP contribution in [0.15, 0.2) is 48.8 Å². The Kier molecular flexibility index (Phi) is 6.64. The molecule has 1 N–H and O–H groups in total. The fraction of sp³-hybridized carbons (Fsp3) is 0.455. The highest BCUT2D eigenvalue weighted by molar-refractivity contribution is 5.74. The summed E-state index contributed by atoms with van der Waals surface area (Å²) >= 11 is 0. The van der Waals surface area contributed by atoms with E-state index < -0.39 is 0 Å². The maximum absolute atomic E-state index is 12.9. The average molecular weight is 351 g/mol. The molecule has 1 aromatic heterocycles. The van der Waals surface area contributed by atoms with Gasteiger partial charge in [0, 0.05) is 31.5 Å². The maximum atomic E-state index is 12.9. The van der Waals surface area contributed by atoms with Gasteiger partial charge >= 0.3 is 6.03 Å². The van der Waals surface area contributed by atoms with Crippen LogP contribution in [0.3, 0.4) is 0 Å². The van der Waals surface area contributed by atoms with Crippen molar-refractivity contribution in [3.63, 3.8) is 0 Å². The highest BCUT2D eigenvalue weighted by Gasteiger charge is 2.20. The zero-order valence-corrected chi connectivity index (χ0v) is 15.7. The molecule has 2 amide bonds. The first-order valence-corrected chi connectivity index (χ1v) is 9.76. The van der Waals surface area contributed by atoms with E-state index in [1.54, 1.807) is 6.20 Å². The number of carbonyl (C=O) groups excluding carboxylic acids is 1. The fourth-order valence-corrected chi connectivity index (χ4v) is 3.53. The van der Waals surface area contributed by atoms with Crippen molar-refractivity contribution in [3.05, 3.63) is 65.5 Å². The number of hydrogen-bond acceptors (Lipinski definition) is 2. The van der Waals surface area contributed by atoms with E-state index in [-0.39, 0.29) is 6.03 Å². The second-order valence-electron chi connectivity index (χ2n) is 7.17. The first-order valence-electron chi connectivity index (χ1n) is 9.76. The van der Waals surface area contributed by atoms with Crippen molar-refractivity contribution in [1.29, 1.82) is 0 Å². The molecule has 0 aliphatic heterocycles. The smallest absolute Gasteiger partial charge is 0.318 e. The quantitative estimate of drug-likeness (QED) is 0.821. The summed E-state index contributed by atoms with van der Waals surface area (Å²) in [5, 5.41) is 3.25. The van der Waals surface area contributed by atoms with Crippen LogP contribution in [0.25, 0.3) is 0 Å². The van der Waals surface area contributed by atoms with Crippen LogP contribution in [0.4, 0.5) is 4.79 Å². The lowest BCUT2D eigenvalue weighted by molar-refractivity contribution is 0.184. The van der Waals surface area contributed by atoms with E-state index in [4.69, 9.17) is 0 Å². The molecule has 4 heteroatoms. The van der Waals surface area contributed by atoms with Crippen molar-refractivity contribution in [2.75, 3.05) is 0 Å². The van der Waals surface area contributed by atoms with Gasteiger partial charge in [-0.05, 0) is 42.0 Å². The molecule has 4 nitrogen and oxygen atoms in total. The summed E-state index contributed by atoms with van der Waals surface area (Å²) in [5.41, 5.74) is 3.53. The summed E-state index contributed by atoms with van der Waals surface area (Å²) < 4.78 is 0. The van der Waals surface area contributed by atoms with Crippen LogP contribution in [-0.2, 0) is 19.5 Å². The predicted octanol–water partition coefficient (Wildman–Crippen LogP) is 4.69. The number of pyridine rings is 1. The summed E-state index contributed by atoms with van der Waals surface area (Å²) in [6.45, 7) is 3.33. The normalized spacial score (nSPS) is 14.8. The van der Waals surface area contributed by atoms with Gasteiger partial charge in [-0.3, -0.25) is 4.98 Å². The SMILES string of the molecule is CCc1ccc(CN(Cc2cccnc2)C(=O)NC2CCCCC2)cc1. The summed E-state index contributed by atoms with van der Waals surface area (Å²) in [6, 6.07) is 12.8. The molecule has 1 heterocycles. The first kappa shape index (κ1) is 18.4. The van der Waals surface area contributed by atoms with Gasteiger partial charge in [0.25, 0.3) is 0 Å². The molecule has 1 aliphatic carbocycles. The number of rotatable bonds is 6. The van der Waals surface area contributed by atoms with Crippen molar-refractivity contribution in [2.24, 2.45) is 0 Å². The number of aryl methyl sites for hydroxylation is 1. The van der Waals surface area contributed by atoms with E-state index in [1.165, 1.54) is 24.8 Å². The Labute approximate surface area is 156 Å². The molecular formula is C22H29N3O. The van der Waals surface area contributed by atoms with Gasteiger partial charge in [-0.2, -0.15) is 0 Å². The molecule has 1 fully saturated rings. The number of hydrogen-bond donors (Lipinski definition) is 1. The van der Waals surface area contributed by atoms with Gasteiger partial charge in [0.15, 0.2) is 0 Å². The summed E-state index contributed by atoms with van der Waals surface area (Å²) in [6.07, 6.45) is 10.5. The largest absolute Gasteiger partial charge is 0.335 e. The van der Waals surface area contributed by atoms with E-state index in [1.807, 2.05) is 23.2 Å². The van der Waals surface area contributed by atoms with Gasteiger partial charge in [-0.1, -0.05) is 56.5 Å². The van der Waals surface area contributed by atoms with E-state index in [0.717, 1.165) is 30.4 Å². The minimum absolute atomic E-state index is 0.0281. The monoisotopic (exact) mass is 351 g/mol. The molecule has 0 unspecified atom stereocenters. The maximum Gasteiger partial charge on any atom is 0.318 e. The van der Waals surface area contributed by atoms with Crippen molar-refractivity contribution in [2.45, 2.75) is 64.6 Å². The Hall–Kier alpha value is -2.36. The van der Waals surface area contributed by atoms with Crippen LogP contribution in [0.2, 0.25) is 0 Å². The highest BCUT2D eigenvalue weighted by atomic mass is 16.2. The standard InChI is InChI=1S/C22H29N3O/c1-2-18-10-12-19(13-11-18)16-25(17-20-7-6-14-23-15-20)22(26)24-21-8-4-3-5-9-21/h6-7,10-15,21H,2-5,8-9,16-17H2,1H3,(H,24,26). The van der Waals surface area contributed by atoms with Gasteiger partial charge in [-0.25, -0.2) is 4.79 Å². The molecule has 0 spiro atoms. The number of carbonyl (C=O) groups is 1. The topological polar surface area (TPSA) is 45.2 Å². The van der Waals surface area contributed by atoms with Crippen LogP contribution >= 0.6 is 0 Å². The van der Waals surface area contributed by atoms with Crippen LogP contribution < -0.4 is 5.32 Å². The predicted molar refractivity (Wildman–Crippen MR) is 105 cm³/mol. The molecule has 1 saturated carbocycles. The van der Waals surface area contributed by atoms with E-state index in [2.05, 4.69) is 41.5 Å². The molecule has 0 atom stereocenters. The molecule has 0 saturated heterocycles. The molecule has 1 aliphatic rings. The second kappa shape index (κ2) is 9.37. The van der Waals surface area contributed by atoms with E-state index in [9.17, 15) is 4.79 Å². The fourth-order valence-electron chi connectivity index (χ4n) is 3.53. The molecule has 1 aromatic carbocycles. The minimum atomic E-state index is 0.0281. The van der Waals surface area contributed by atoms with E-state index >= 15 is 0 Å². The third-order valence-corrected chi connectivity index (χ3v) is 5.12. The highest BCUT2D eigenvalue weighted by Crippen LogP contribution is 2.18. The third-order valence-electron chi connectivity index (χ3n) is 5.12. The molecule has 138 valence electrons. The third kappa shape index (κ3) is 5.32. The molecule has 3 rings (SSSR count). The van der Waals surface area contributed by atoms with Gasteiger partial charge < -0.3 is 10.2 Å². The lowest BCUT2D eigenvalue weighted by atomic mass is 9.96. The van der Waals surface area contributed by atoms with Crippen LogP contribution in [0, 0.1) is 0 Å². The number of urea groups is 1. The van der Waals surface area contributed by atoms with Crippen molar-refractivity contribution in [1.82, 2.24) is 15.2 Å². The average Bonchev–Trinajstić information content (AvgIpc) is 2.69. The summed E-state index contributed by atoms with van der Waals surface area (Å²) in [5.74, 6) is 0. The lowest BCUT2D eigenvalue weighted by Crippen LogP contribution is -2.44. The number of nitrogens with one attached hydrogen (secondary N) is 1. The van der Waals surface area contributed by atoms with Gasteiger partial charge in [-0.15, -0.1) is 0 Å². The van der Waals surface area contributed by atoms with Crippen LogP contribution in [0.1, 0.15) is 55.7 Å². The van der Waals surface area contributed by atoms with Crippen LogP contribution in [-0.4, -0.2) is 22.0 Å². The number of amides is 2. The van der Waals surface area contributed by atoms with Gasteiger partial charge in [0.1, 0.15) is 0 Å². The minimum Gasteiger partial charge on any atom is -0.335 e. The Morgan fingerprint density at radius 3 is 2.38 bits per heavy atom. The van der Waals surface area contributed by atoms with E-state index in [0.29, 0.717) is 19.1 Å². The Morgan fingerprint density at radius 2 is 1.73 bits per heavy atom. The Bertz CT molecular complexity index is 678. The molecule has 2 aromatic rings.